The van der Waals surface area contributed by atoms with Gasteiger partial charge in [0.15, 0.2) is 0 Å². The lowest BCUT2D eigenvalue weighted by molar-refractivity contribution is 0.403. The first-order valence-electron chi connectivity index (χ1n) is 3.57. The van der Waals surface area contributed by atoms with Gasteiger partial charge in [0.05, 0.1) is 12.7 Å². The van der Waals surface area contributed by atoms with Crippen LogP contribution in [0.25, 0.3) is 0 Å². The number of hydrogen-bond donors (Lipinski definition) is 0. The normalized spacial score (nSPS) is 21.8. The molecule has 1 atom stereocenters. The highest BCUT2D eigenvalue weighted by molar-refractivity contribution is 4.64. The van der Waals surface area contributed by atoms with E-state index in [4.69, 9.17) is 4.74 Å². The van der Waals surface area contributed by atoms with Crippen molar-refractivity contribution in [2.45, 2.75) is 32.8 Å². The molecule has 1 saturated heterocycles. The van der Waals surface area contributed by atoms with E-state index in [2.05, 4.69) is 20.4 Å². The van der Waals surface area contributed by atoms with E-state index in [1.807, 2.05) is 6.08 Å². The number of epoxide rings is 1. The standard InChI is InChI=1S/C4H8O.C4H8/c1-2-4-3-5-4;1-3-4-2/h4H,2-3H2,1H3;3H,1,4H2,2H3. The van der Waals surface area contributed by atoms with Crippen molar-refractivity contribution in [3.8, 4) is 0 Å². The first-order valence-corrected chi connectivity index (χ1v) is 3.57. The molecular formula is C8H16O. The van der Waals surface area contributed by atoms with Gasteiger partial charge < -0.3 is 4.74 Å². The van der Waals surface area contributed by atoms with Gasteiger partial charge in [0, 0.05) is 0 Å². The maximum Gasteiger partial charge on any atom is 0.0807 e. The van der Waals surface area contributed by atoms with E-state index >= 15 is 0 Å². The molecule has 1 aliphatic heterocycles. The van der Waals surface area contributed by atoms with Crippen LogP contribution in [0.5, 0.6) is 0 Å². The van der Waals surface area contributed by atoms with Crippen molar-refractivity contribution >= 4 is 0 Å². The number of rotatable bonds is 2. The van der Waals surface area contributed by atoms with Crippen LogP contribution >= 0.6 is 0 Å². The highest BCUT2D eigenvalue weighted by Crippen LogP contribution is 2.10. The van der Waals surface area contributed by atoms with Gasteiger partial charge in [-0.15, -0.1) is 6.58 Å². The Balaban J connectivity index is 0.000000148. The van der Waals surface area contributed by atoms with Crippen LogP contribution in [0.4, 0.5) is 0 Å². The third-order valence-corrected chi connectivity index (χ3v) is 1.15. The molecule has 0 amide bonds. The molecule has 0 saturated carbocycles. The molecule has 1 aliphatic rings. The van der Waals surface area contributed by atoms with Crippen molar-refractivity contribution in [3.63, 3.8) is 0 Å². The molecule has 0 radical (unpaired) electrons. The van der Waals surface area contributed by atoms with Crippen LogP contribution < -0.4 is 0 Å². The topological polar surface area (TPSA) is 12.5 Å². The average Bonchev–Trinajstić information content (AvgIpc) is 2.70. The summed E-state index contributed by atoms with van der Waals surface area (Å²) in [5, 5.41) is 0. The van der Waals surface area contributed by atoms with Gasteiger partial charge in [0.1, 0.15) is 0 Å². The van der Waals surface area contributed by atoms with Gasteiger partial charge in [-0.05, 0) is 12.8 Å². The number of hydrogen-bond acceptors (Lipinski definition) is 1. The summed E-state index contributed by atoms with van der Waals surface area (Å²) in [6.45, 7) is 8.69. The van der Waals surface area contributed by atoms with Crippen molar-refractivity contribution in [2.24, 2.45) is 0 Å². The van der Waals surface area contributed by atoms with Crippen molar-refractivity contribution in [3.05, 3.63) is 12.7 Å². The minimum Gasteiger partial charge on any atom is -0.373 e. The van der Waals surface area contributed by atoms with Crippen LogP contribution in [-0.4, -0.2) is 12.7 Å². The first kappa shape index (κ1) is 8.70. The monoisotopic (exact) mass is 128 g/mol. The molecule has 1 fully saturated rings. The van der Waals surface area contributed by atoms with Crippen molar-refractivity contribution < 1.29 is 4.74 Å². The molecule has 1 rings (SSSR count). The van der Waals surface area contributed by atoms with Gasteiger partial charge in [0.2, 0.25) is 0 Å². The molecule has 1 nitrogen and oxygen atoms in total. The second-order valence-corrected chi connectivity index (χ2v) is 2.06. The smallest absolute Gasteiger partial charge is 0.0807 e. The Morgan fingerprint density at radius 1 is 1.67 bits per heavy atom. The maximum atomic E-state index is 4.86. The summed E-state index contributed by atoms with van der Waals surface area (Å²) in [6, 6.07) is 0. The second-order valence-electron chi connectivity index (χ2n) is 2.06. The van der Waals surface area contributed by atoms with Crippen LogP contribution in [0.2, 0.25) is 0 Å². The zero-order valence-electron chi connectivity index (χ0n) is 6.39. The molecule has 54 valence electrons. The average molecular weight is 128 g/mol. The van der Waals surface area contributed by atoms with E-state index in [-0.39, 0.29) is 0 Å². The predicted molar refractivity (Wildman–Crippen MR) is 40.5 cm³/mol. The van der Waals surface area contributed by atoms with Gasteiger partial charge in [-0.3, -0.25) is 0 Å². The van der Waals surface area contributed by atoms with Crippen LogP contribution in [0.15, 0.2) is 12.7 Å². The van der Waals surface area contributed by atoms with E-state index in [0.717, 1.165) is 13.0 Å². The summed E-state index contributed by atoms with van der Waals surface area (Å²) in [5.41, 5.74) is 0. The molecular weight excluding hydrogens is 112 g/mol. The minimum atomic E-state index is 0.634. The van der Waals surface area contributed by atoms with E-state index in [1.54, 1.807) is 0 Å². The Hall–Kier alpha value is -0.300. The van der Waals surface area contributed by atoms with Gasteiger partial charge in [-0.25, -0.2) is 0 Å². The molecule has 0 spiro atoms. The lowest BCUT2D eigenvalue weighted by Crippen LogP contribution is -1.73. The Labute approximate surface area is 57.7 Å². The summed E-state index contributed by atoms with van der Waals surface area (Å²) in [4.78, 5) is 0. The first-order chi connectivity index (χ1) is 4.35. The third-order valence-electron chi connectivity index (χ3n) is 1.15. The predicted octanol–water partition coefficient (Wildman–Crippen LogP) is 2.38. The zero-order valence-corrected chi connectivity index (χ0v) is 6.39. The van der Waals surface area contributed by atoms with E-state index in [9.17, 15) is 0 Å². The molecule has 0 N–H and O–H groups in total. The lowest BCUT2D eigenvalue weighted by Gasteiger charge is -1.69. The van der Waals surface area contributed by atoms with Gasteiger partial charge in [0.25, 0.3) is 0 Å². The number of ether oxygens (including phenoxy) is 1. The number of allylic oxidation sites excluding steroid dienone is 1. The van der Waals surface area contributed by atoms with E-state index in [1.165, 1.54) is 6.42 Å². The third kappa shape index (κ3) is 7.70. The second kappa shape index (κ2) is 5.83. The Morgan fingerprint density at radius 3 is 2.11 bits per heavy atom. The highest BCUT2D eigenvalue weighted by Gasteiger charge is 2.18. The lowest BCUT2D eigenvalue weighted by atomic mass is 10.4. The molecule has 9 heavy (non-hydrogen) atoms. The largest absolute Gasteiger partial charge is 0.373 e. The quantitative estimate of drug-likeness (QED) is 0.411. The SMILES string of the molecule is C=CCC.CCC1CO1. The van der Waals surface area contributed by atoms with Crippen LogP contribution in [0, 0.1) is 0 Å². The van der Waals surface area contributed by atoms with Gasteiger partial charge in [-0.2, -0.15) is 0 Å². The Kier molecular flexibility index (Phi) is 5.64. The van der Waals surface area contributed by atoms with Crippen molar-refractivity contribution in [2.75, 3.05) is 6.61 Å². The van der Waals surface area contributed by atoms with Crippen LogP contribution in [0.3, 0.4) is 0 Å². The fourth-order valence-corrected chi connectivity index (χ4v) is 0.304. The maximum absolute atomic E-state index is 4.86. The molecule has 0 aliphatic carbocycles. The molecule has 0 aromatic heterocycles. The highest BCUT2D eigenvalue weighted by atomic mass is 16.6. The Bertz CT molecular complexity index is 65.0. The van der Waals surface area contributed by atoms with E-state index < -0.39 is 0 Å². The van der Waals surface area contributed by atoms with Gasteiger partial charge >= 0.3 is 0 Å². The van der Waals surface area contributed by atoms with E-state index in [0.29, 0.717) is 6.10 Å². The van der Waals surface area contributed by atoms with Crippen molar-refractivity contribution in [1.82, 2.24) is 0 Å². The van der Waals surface area contributed by atoms with Crippen molar-refractivity contribution in [1.29, 1.82) is 0 Å². The summed E-state index contributed by atoms with van der Waals surface area (Å²) in [6.07, 6.45) is 4.79. The van der Waals surface area contributed by atoms with Crippen LogP contribution in [0.1, 0.15) is 26.7 Å². The minimum absolute atomic E-state index is 0.634. The summed E-state index contributed by atoms with van der Waals surface area (Å²) >= 11 is 0. The molecule has 0 aromatic rings. The summed E-state index contributed by atoms with van der Waals surface area (Å²) in [7, 11) is 0. The fourth-order valence-electron chi connectivity index (χ4n) is 0.304. The fraction of sp³-hybridized carbons (Fsp3) is 0.750. The molecule has 0 aromatic carbocycles. The summed E-state index contributed by atoms with van der Waals surface area (Å²) < 4.78 is 4.86. The molecule has 1 unspecified atom stereocenters. The van der Waals surface area contributed by atoms with Crippen LogP contribution in [-0.2, 0) is 4.74 Å². The van der Waals surface area contributed by atoms with Gasteiger partial charge in [-0.1, -0.05) is 19.9 Å². The molecule has 1 heteroatoms. The molecule has 0 bridgehead atoms. The molecule has 1 heterocycles. The summed E-state index contributed by atoms with van der Waals surface area (Å²) in [5.74, 6) is 0. The zero-order chi connectivity index (χ0) is 7.11. The Morgan fingerprint density at radius 2 is 2.11 bits per heavy atom.